The molecule has 3 aromatic heterocycles. The number of methoxy groups -OCH3 is 1. The highest BCUT2D eigenvalue weighted by atomic mass is 19.3. The predicted octanol–water partition coefficient (Wildman–Crippen LogP) is 2.86. The lowest BCUT2D eigenvalue weighted by Crippen LogP contribution is -2.61. The number of anilines is 1. The van der Waals surface area contributed by atoms with Crippen molar-refractivity contribution in [2.24, 2.45) is 0 Å². The third-order valence-electron chi connectivity index (χ3n) is 4.81. The van der Waals surface area contributed by atoms with Crippen LogP contribution in [0.3, 0.4) is 0 Å². The molecule has 0 atom stereocenters. The van der Waals surface area contributed by atoms with Crippen LogP contribution in [-0.2, 0) is 10.7 Å². The molecule has 0 N–H and O–H groups in total. The Bertz CT molecular complexity index is 1010. The normalized spacial score (nSPS) is 16.6. The summed E-state index contributed by atoms with van der Waals surface area (Å²) in [7, 11) is 1.68. The monoisotopic (exact) mass is 374 g/mol. The molecule has 0 radical (unpaired) electrons. The maximum absolute atomic E-state index is 13.7. The van der Waals surface area contributed by atoms with Crippen LogP contribution in [0.1, 0.15) is 25.2 Å². The van der Waals surface area contributed by atoms with Gasteiger partial charge < -0.3 is 9.64 Å². The molecule has 0 spiro atoms. The molecule has 0 aromatic carbocycles. The quantitative estimate of drug-likeness (QED) is 0.700. The van der Waals surface area contributed by atoms with Gasteiger partial charge in [-0.25, -0.2) is 9.97 Å². The van der Waals surface area contributed by atoms with E-state index in [-0.39, 0.29) is 17.2 Å². The third-order valence-corrected chi connectivity index (χ3v) is 4.81. The summed E-state index contributed by atoms with van der Waals surface area (Å²) in [6.07, 6.45) is 3.06. The lowest BCUT2D eigenvalue weighted by atomic mass is 9.96. The number of rotatable bonds is 4. The molecule has 27 heavy (non-hydrogen) atoms. The Morgan fingerprint density at radius 2 is 2.00 bits per heavy atom. The van der Waals surface area contributed by atoms with Crippen molar-refractivity contribution in [3.63, 3.8) is 0 Å². The highest BCUT2D eigenvalue weighted by molar-refractivity contribution is 5.91. The zero-order chi connectivity index (χ0) is 19.4. The third kappa shape index (κ3) is 3.01. The minimum absolute atomic E-state index is 0.103. The van der Waals surface area contributed by atoms with Crippen LogP contribution >= 0.6 is 0 Å². The number of hydrogen-bond donors (Lipinski definition) is 0. The van der Waals surface area contributed by atoms with Crippen LogP contribution in [0.2, 0.25) is 0 Å². The summed E-state index contributed by atoms with van der Waals surface area (Å²) < 4.78 is 34.4. The molecule has 1 saturated heterocycles. The average Bonchev–Trinajstić information content (AvgIpc) is 2.96. The second-order valence-corrected chi connectivity index (χ2v) is 7.22. The van der Waals surface area contributed by atoms with Gasteiger partial charge in [0.2, 0.25) is 0 Å². The fourth-order valence-electron chi connectivity index (χ4n) is 3.22. The van der Waals surface area contributed by atoms with Gasteiger partial charge in [0.15, 0.2) is 5.82 Å². The Hall–Kier alpha value is -2.68. The summed E-state index contributed by atoms with van der Waals surface area (Å²) in [5, 5.41) is 5.44. The number of aryl methyl sites for hydroxylation is 1. The van der Waals surface area contributed by atoms with Gasteiger partial charge in [-0.2, -0.15) is 13.5 Å². The van der Waals surface area contributed by atoms with Gasteiger partial charge >= 0.3 is 0 Å². The van der Waals surface area contributed by atoms with E-state index in [1.54, 1.807) is 13.3 Å². The van der Waals surface area contributed by atoms with Crippen molar-refractivity contribution >= 4 is 16.7 Å². The van der Waals surface area contributed by atoms with E-state index in [0.29, 0.717) is 18.9 Å². The minimum Gasteiger partial charge on any atom is -0.375 e. The molecule has 4 heterocycles. The van der Waals surface area contributed by atoms with E-state index in [1.807, 2.05) is 19.9 Å². The summed E-state index contributed by atoms with van der Waals surface area (Å²) in [5.41, 5.74) is 0.937. The summed E-state index contributed by atoms with van der Waals surface area (Å²) in [5.74, 6) is -2.24. The van der Waals surface area contributed by atoms with Crippen LogP contribution < -0.4 is 4.90 Å². The van der Waals surface area contributed by atoms with E-state index in [9.17, 15) is 8.78 Å². The lowest BCUT2D eigenvalue weighted by Gasteiger charge is -2.47. The number of ether oxygens (including phenoxy) is 1. The molecule has 4 rings (SSSR count). The minimum atomic E-state index is -3.06. The van der Waals surface area contributed by atoms with Crippen LogP contribution in [0.5, 0.6) is 0 Å². The summed E-state index contributed by atoms with van der Waals surface area (Å²) in [4.78, 5) is 14.6. The zero-order valence-corrected chi connectivity index (χ0v) is 15.6. The van der Waals surface area contributed by atoms with E-state index in [0.717, 1.165) is 23.5 Å². The number of nitrogens with zero attached hydrogens (tertiary/aromatic N) is 6. The van der Waals surface area contributed by atoms with Gasteiger partial charge in [-0.15, -0.1) is 5.10 Å². The van der Waals surface area contributed by atoms with Crippen LogP contribution in [-0.4, -0.2) is 50.5 Å². The molecule has 0 aliphatic carbocycles. The molecule has 1 aliphatic heterocycles. The Morgan fingerprint density at radius 1 is 1.26 bits per heavy atom. The standard InChI is InChI=1S/C18H20F2N6O/c1-11-7-13-12(8-22-11)15(25-9-17(2,10-25)27-4)24-26(13)16-21-6-5-14(23-16)18(3,19)20/h5-8H,9-10H2,1-4H3. The second kappa shape index (κ2) is 5.91. The van der Waals surface area contributed by atoms with Gasteiger partial charge in [-0.3, -0.25) is 4.98 Å². The Labute approximate surface area is 155 Å². The number of hydrogen-bond acceptors (Lipinski definition) is 6. The fraction of sp³-hybridized carbons (Fsp3) is 0.444. The van der Waals surface area contributed by atoms with Gasteiger partial charge in [0, 0.05) is 32.1 Å². The van der Waals surface area contributed by atoms with Gasteiger partial charge in [-0.1, -0.05) is 0 Å². The van der Waals surface area contributed by atoms with E-state index in [2.05, 4.69) is 25.0 Å². The first-order valence-electron chi connectivity index (χ1n) is 8.57. The van der Waals surface area contributed by atoms with E-state index in [4.69, 9.17) is 4.74 Å². The zero-order valence-electron chi connectivity index (χ0n) is 15.6. The predicted molar refractivity (Wildman–Crippen MR) is 96.4 cm³/mol. The van der Waals surface area contributed by atoms with Crippen molar-refractivity contribution in [2.45, 2.75) is 32.3 Å². The van der Waals surface area contributed by atoms with Crippen molar-refractivity contribution in [2.75, 3.05) is 25.1 Å². The molecule has 0 unspecified atom stereocenters. The molecule has 7 nitrogen and oxygen atoms in total. The van der Waals surface area contributed by atoms with Crippen molar-refractivity contribution in [3.8, 4) is 5.95 Å². The average molecular weight is 374 g/mol. The van der Waals surface area contributed by atoms with Crippen LogP contribution in [0.25, 0.3) is 16.9 Å². The molecule has 0 saturated carbocycles. The topological polar surface area (TPSA) is 69.0 Å². The van der Waals surface area contributed by atoms with Crippen LogP contribution in [0, 0.1) is 6.92 Å². The van der Waals surface area contributed by atoms with Crippen molar-refractivity contribution < 1.29 is 13.5 Å². The van der Waals surface area contributed by atoms with E-state index >= 15 is 0 Å². The molecular formula is C18H20F2N6O. The maximum atomic E-state index is 13.7. The fourth-order valence-corrected chi connectivity index (χ4v) is 3.22. The first-order valence-corrected chi connectivity index (χ1v) is 8.57. The molecule has 142 valence electrons. The smallest absolute Gasteiger partial charge is 0.287 e. The van der Waals surface area contributed by atoms with Crippen molar-refractivity contribution in [3.05, 3.63) is 35.9 Å². The SMILES string of the molecule is COC1(C)CN(c2nn(-c3nccc(C(C)(F)F)n3)c3cc(C)ncc23)C1. The molecule has 0 amide bonds. The highest BCUT2D eigenvalue weighted by Crippen LogP contribution is 2.35. The Balaban J connectivity index is 1.84. The van der Waals surface area contributed by atoms with Gasteiger partial charge in [0.25, 0.3) is 11.9 Å². The number of pyridine rings is 1. The Morgan fingerprint density at radius 3 is 2.67 bits per heavy atom. The van der Waals surface area contributed by atoms with Crippen molar-refractivity contribution in [1.29, 1.82) is 0 Å². The highest BCUT2D eigenvalue weighted by Gasteiger charge is 2.41. The summed E-state index contributed by atoms with van der Waals surface area (Å²) in [6, 6.07) is 3.06. The summed E-state index contributed by atoms with van der Waals surface area (Å²) >= 11 is 0. The molecule has 9 heteroatoms. The number of halogens is 2. The van der Waals surface area contributed by atoms with E-state index < -0.39 is 5.92 Å². The Kier molecular flexibility index (Phi) is 3.88. The number of alkyl halides is 2. The van der Waals surface area contributed by atoms with E-state index in [1.165, 1.54) is 16.9 Å². The largest absolute Gasteiger partial charge is 0.375 e. The van der Waals surface area contributed by atoms with Gasteiger partial charge in [0.1, 0.15) is 5.69 Å². The molecule has 1 fully saturated rings. The molecule has 0 bridgehead atoms. The number of aromatic nitrogens is 5. The van der Waals surface area contributed by atoms with Gasteiger partial charge in [0.05, 0.1) is 29.6 Å². The number of fused-ring (bicyclic) bond motifs is 1. The first-order chi connectivity index (χ1) is 12.7. The second-order valence-electron chi connectivity index (χ2n) is 7.22. The molecule has 1 aliphatic rings. The van der Waals surface area contributed by atoms with Crippen LogP contribution in [0.15, 0.2) is 24.5 Å². The molecule has 3 aromatic rings. The maximum Gasteiger partial charge on any atom is 0.287 e. The summed E-state index contributed by atoms with van der Waals surface area (Å²) in [6.45, 7) is 6.06. The van der Waals surface area contributed by atoms with Gasteiger partial charge in [-0.05, 0) is 26.0 Å². The first kappa shape index (κ1) is 17.7. The molecular weight excluding hydrogens is 354 g/mol. The lowest BCUT2D eigenvalue weighted by molar-refractivity contribution is -0.0170. The van der Waals surface area contributed by atoms with Crippen molar-refractivity contribution in [1.82, 2.24) is 24.7 Å². The van der Waals surface area contributed by atoms with Crippen LogP contribution in [0.4, 0.5) is 14.6 Å².